The van der Waals surface area contributed by atoms with Gasteiger partial charge in [0.15, 0.2) is 6.61 Å². The third-order valence-corrected chi connectivity index (χ3v) is 5.28. The topological polar surface area (TPSA) is 97.0 Å². The Morgan fingerprint density at radius 3 is 2.44 bits per heavy atom. The predicted molar refractivity (Wildman–Crippen MR) is 122 cm³/mol. The van der Waals surface area contributed by atoms with Crippen LogP contribution in [0.25, 0.3) is 0 Å². The van der Waals surface area contributed by atoms with E-state index < -0.39 is 11.7 Å². The van der Waals surface area contributed by atoms with Crippen LogP contribution in [0.4, 0.5) is 4.79 Å². The molecule has 178 valence electrons. The second-order valence-electron chi connectivity index (χ2n) is 9.06. The van der Waals surface area contributed by atoms with E-state index in [1.54, 1.807) is 20.8 Å². The molecule has 1 heterocycles. The largest absolute Gasteiger partial charge is 0.483 e. The fraction of sp³-hybridized carbons (Fsp3) is 0.625. The molecule has 8 nitrogen and oxygen atoms in total. The minimum absolute atomic E-state index is 0.00777. The number of likely N-dealkylation sites (tertiary alicyclic amines) is 1. The number of para-hydroxylation sites is 1. The van der Waals surface area contributed by atoms with Crippen LogP contribution in [0, 0.1) is 5.92 Å². The van der Waals surface area contributed by atoms with Crippen LogP contribution in [-0.4, -0.2) is 61.2 Å². The average Bonchev–Trinajstić information content (AvgIpc) is 2.75. The van der Waals surface area contributed by atoms with Crippen molar-refractivity contribution in [1.29, 1.82) is 0 Å². The third-order valence-electron chi connectivity index (χ3n) is 5.28. The molecule has 1 saturated heterocycles. The summed E-state index contributed by atoms with van der Waals surface area (Å²) in [5.74, 6) is 0.986. The van der Waals surface area contributed by atoms with Crippen molar-refractivity contribution in [3.8, 4) is 5.75 Å². The van der Waals surface area contributed by atoms with Crippen molar-refractivity contribution in [3.05, 3.63) is 29.8 Å². The van der Waals surface area contributed by atoms with E-state index in [1.807, 2.05) is 29.2 Å². The van der Waals surface area contributed by atoms with E-state index in [4.69, 9.17) is 9.47 Å². The van der Waals surface area contributed by atoms with Crippen LogP contribution >= 0.6 is 0 Å². The van der Waals surface area contributed by atoms with Gasteiger partial charge < -0.3 is 25.0 Å². The molecule has 0 radical (unpaired) electrons. The fourth-order valence-electron chi connectivity index (χ4n) is 3.49. The molecule has 2 rings (SSSR count). The summed E-state index contributed by atoms with van der Waals surface area (Å²) in [6.45, 7) is 9.61. The summed E-state index contributed by atoms with van der Waals surface area (Å²) in [6.07, 6.45) is 2.22. The summed E-state index contributed by atoms with van der Waals surface area (Å²) in [6, 6.07) is 7.78. The molecule has 1 aromatic rings. The Morgan fingerprint density at radius 2 is 1.78 bits per heavy atom. The third kappa shape index (κ3) is 9.16. The van der Waals surface area contributed by atoms with E-state index in [0.29, 0.717) is 25.6 Å². The van der Waals surface area contributed by atoms with Gasteiger partial charge in [0, 0.05) is 32.6 Å². The number of hydrogen-bond donors (Lipinski definition) is 2. The molecule has 0 unspecified atom stereocenters. The number of hydrogen-bond acceptors (Lipinski definition) is 5. The summed E-state index contributed by atoms with van der Waals surface area (Å²) >= 11 is 0. The van der Waals surface area contributed by atoms with E-state index in [9.17, 15) is 14.4 Å². The maximum absolute atomic E-state index is 12.5. The average molecular weight is 448 g/mol. The first-order chi connectivity index (χ1) is 15.2. The van der Waals surface area contributed by atoms with E-state index in [1.165, 1.54) is 0 Å². The molecular formula is C24H37N3O5. The van der Waals surface area contributed by atoms with Crippen molar-refractivity contribution in [2.45, 2.75) is 59.0 Å². The number of alkyl carbamates (subject to hydrolysis) is 1. The zero-order valence-electron chi connectivity index (χ0n) is 19.7. The Hall–Kier alpha value is -2.77. The number of carbonyl (C=O) groups is 3. The molecule has 0 bridgehead atoms. The van der Waals surface area contributed by atoms with Gasteiger partial charge in [0.2, 0.25) is 5.91 Å². The van der Waals surface area contributed by atoms with Gasteiger partial charge in [-0.25, -0.2) is 4.79 Å². The van der Waals surface area contributed by atoms with Crippen LogP contribution in [0.3, 0.4) is 0 Å². The number of rotatable bonds is 9. The molecule has 0 spiro atoms. The lowest BCUT2D eigenvalue weighted by Crippen LogP contribution is -2.43. The van der Waals surface area contributed by atoms with E-state index >= 15 is 0 Å². The zero-order chi connectivity index (χ0) is 23.6. The van der Waals surface area contributed by atoms with Gasteiger partial charge in [0.1, 0.15) is 11.4 Å². The summed E-state index contributed by atoms with van der Waals surface area (Å²) in [5, 5.41) is 5.50. The molecule has 1 fully saturated rings. The second kappa shape index (κ2) is 12.3. The molecule has 8 heteroatoms. The molecular weight excluding hydrogens is 410 g/mol. The molecule has 1 aliphatic rings. The number of nitrogens with zero attached hydrogens (tertiary/aromatic N) is 1. The molecule has 1 aliphatic heterocycles. The highest BCUT2D eigenvalue weighted by Crippen LogP contribution is 2.20. The number of piperidine rings is 1. The predicted octanol–water partition coefficient (Wildman–Crippen LogP) is 2.90. The van der Waals surface area contributed by atoms with Crippen molar-refractivity contribution < 1.29 is 23.9 Å². The molecule has 0 saturated carbocycles. The van der Waals surface area contributed by atoms with Crippen molar-refractivity contribution in [1.82, 2.24) is 15.5 Å². The first-order valence-corrected chi connectivity index (χ1v) is 11.4. The Balaban J connectivity index is 1.60. The van der Waals surface area contributed by atoms with Gasteiger partial charge in [-0.3, -0.25) is 9.59 Å². The van der Waals surface area contributed by atoms with Crippen LogP contribution in [-0.2, 0) is 20.7 Å². The van der Waals surface area contributed by atoms with Crippen molar-refractivity contribution >= 4 is 17.9 Å². The second-order valence-corrected chi connectivity index (χ2v) is 9.06. The summed E-state index contributed by atoms with van der Waals surface area (Å²) < 4.78 is 10.9. The first-order valence-electron chi connectivity index (χ1n) is 11.4. The lowest BCUT2D eigenvalue weighted by atomic mass is 9.96. The van der Waals surface area contributed by atoms with Crippen molar-refractivity contribution in [3.63, 3.8) is 0 Å². The SMILES string of the molecule is CCc1ccccc1OCC(=O)N1CCC(CNC(=O)CCNC(=O)OC(C)(C)C)CC1. The van der Waals surface area contributed by atoms with Gasteiger partial charge in [-0.05, 0) is 57.6 Å². The maximum atomic E-state index is 12.5. The highest BCUT2D eigenvalue weighted by atomic mass is 16.6. The van der Waals surface area contributed by atoms with Gasteiger partial charge in [0.25, 0.3) is 5.91 Å². The Kier molecular flexibility index (Phi) is 9.81. The van der Waals surface area contributed by atoms with E-state index in [0.717, 1.165) is 30.6 Å². The summed E-state index contributed by atoms with van der Waals surface area (Å²) in [5.41, 5.74) is 0.533. The zero-order valence-corrected chi connectivity index (χ0v) is 19.7. The number of benzene rings is 1. The van der Waals surface area contributed by atoms with Crippen molar-refractivity contribution in [2.75, 3.05) is 32.8 Å². The maximum Gasteiger partial charge on any atom is 0.407 e. The Bertz CT molecular complexity index is 767. The number of ether oxygens (including phenoxy) is 2. The van der Waals surface area contributed by atoms with Crippen LogP contribution < -0.4 is 15.4 Å². The van der Waals surface area contributed by atoms with Gasteiger partial charge in [-0.1, -0.05) is 25.1 Å². The lowest BCUT2D eigenvalue weighted by Gasteiger charge is -2.32. The number of nitrogens with one attached hydrogen (secondary N) is 2. The number of amides is 3. The van der Waals surface area contributed by atoms with Crippen LogP contribution in [0.2, 0.25) is 0 Å². The van der Waals surface area contributed by atoms with E-state index in [-0.39, 0.29) is 31.4 Å². The minimum atomic E-state index is -0.561. The van der Waals surface area contributed by atoms with Gasteiger partial charge in [-0.2, -0.15) is 0 Å². The van der Waals surface area contributed by atoms with Crippen LogP contribution in [0.1, 0.15) is 52.5 Å². The normalized spacial score (nSPS) is 14.6. The number of carbonyl (C=O) groups excluding carboxylic acids is 3. The molecule has 2 N–H and O–H groups in total. The summed E-state index contributed by atoms with van der Waals surface area (Å²) in [4.78, 5) is 37.9. The number of aryl methyl sites for hydroxylation is 1. The fourth-order valence-corrected chi connectivity index (χ4v) is 3.49. The smallest absolute Gasteiger partial charge is 0.407 e. The quantitative estimate of drug-likeness (QED) is 0.607. The molecule has 0 aliphatic carbocycles. The van der Waals surface area contributed by atoms with E-state index in [2.05, 4.69) is 17.6 Å². The molecule has 0 atom stereocenters. The first kappa shape index (κ1) is 25.5. The molecule has 32 heavy (non-hydrogen) atoms. The van der Waals surface area contributed by atoms with Crippen molar-refractivity contribution in [2.24, 2.45) is 5.92 Å². The monoisotopic (exact) mass is 447 g/mol. The highest BCUT2D eigenvalue weighted by molar-refractivity contribution is 5.78. The van der Waals surface area contributed by atoms with Crippen LogP contribution in [0.5, 0.6) is 5.75 Å². The lowest BCUT2D eigenvalue weighted by molar-refractivity contribution is -0.135. The standard InChI is InChI=1S/C24H37N3O5/c1-5-19-8-6-7-9-20(19)31-17-22(29)27-14-11-18(12-15-27)16-26-21(28)10-13-25-23(30)32-24(2,3)4/h6-9,18H,5,10-17H2,1-4H3,(H,25,30)(H,26,28). The minimum Gasteiger partial charge on any atom is -0.483 e. The highest BCUT2D eigenvalue weighted by Gasteiger charge is 2.23. The van der Waals surface area contributed by atoms with Crippen LogP contribution in [0.15, 0.2) is 24.3 Å². The van der Waals surface area contributed by atoms with Gasteiger partial charge >= 0.3 is 6.09 Å². The van der Waals surface area contributed by atoms with Gasteiger partial charge in [-0.15, -0.1) is 0 Å². The van der Waals surface area contributed by atoms with Gasteiger partial charge in [0.05, 0.1) is 0 Å². The summed E-state index contributed by atoms with van der Waals surface area (Å²) in [7, 11) is 0. The molecule has 0 aromatic heterocycles. The molecule has 3 amide bonds. The Labute approximate surface area is 191 Å². The Morgan fingerprint density at radius 1 is 1.09 bits per heavy atom. The molecule has 1 aromatic carbocycles.